The highest BCUT2D eigenvalue weighted by atomic mass is 16.5. The molecular formula is C25H30N4O4. The summed E-state index contributed by atoms with van der Waals surface area (Å²) < 4.78 is 16.8. The molecule has 1 aromatic carbocycles. The van der Waals surface area contributed by atoms with Crippen LogP contribution >= 0.6 is 0 Å². The number of pyridine rings is 1. The second kappa shape index (κ2) is 9.57. The quantitative estimate of drug-likeness (QED) is 0.568. The fourth-order valence-electron chi connectivity index (χ4n) is 5.12. The Morgan fingerprint density at radius 3 is 2.94 bits per heavy atom. The maximum atomic E-state index is 13.3. The SMILES string of the molecule is COCCc1noc(CC2CCOC3(CCN(C(=O)c4nccc5ccccc45)CC3)C2)n1. The summed E-state index contributed by atoms with van der Waals surface area (Å²) in [5, 5.41) is 6.00. The zero-order valence-electron chi connectivity index (χ0n) is 19.0. The predicted molar refractivity (Wildman–Crippen MR) is 122 cm³/mol. The Morgan fingerprint density at radius 1 is 1.24 bits per heavy atom. The monoisotopic (exact) mass is 450 g/mol. The molecule has 8 nitrogen and oxygen atoms in total. The van der Waals surface area contributed by atoms with E-state index in [9.17, 15) is 4.79 Å². The fraction of sp³-hybridized carbons (Fsp3) is 0.520. The van der Waals surface area contributed by atoms with Crippen molar-refractivity contribution in [2.45, 2.75) is 44.1 Å². The Balaban J connectivity index is 1.20. The summed E-state index contributed by atoms with van der Waals surface area (Å²) in [6.07, 6.45) is 6.76. The van der Waals surface area contributed by atoms with E-state index in [2.05, 4.69) is 15.1 Å². The zero-order valence-corrected chi connectivity index (χ0v) is 19.0. The normalized spacial score (nSPS) is 20.4. The van der Waals surface area contributed by atoms with E-state index in [4.69, 9.17) is 14.0 Å². The molecule has 0 radical (unpaired) electrons. The van der Waals surface area contributed by atoms with Gasteiger partial charge in [0, 0.05) is 51.2 Å². The van der Waals surface area contributed by atoms with E-state index in [0.29, 0.717) is 49.4 Å². The number of carbonyl (C=O) groups is 1. The lowest BCUT2D eigenvalue weighted by atomic mass is 9.78. The fourth-order valence-corrected chi connectivity index (χ4v) is 5.12. The number of rotatable bonds is 6. The highest BCUT2D eigenvalue weighted by molar-refractivity contribution is 6.05. The van der Waals surface area contributed by atoms with Crippen LogP contribution in [0.2, 0.25) is 0 Å². The lowest BCUT2D eigenvalue weighted by Gasteiger charge is -2.46. The molecule has 0 saturated carbocycles. The largest absolute Gasteiger partial charge is 0.384 e. The minimum Gasteiger partial charge on any atom is -0.384 e. The molecule has 2 aliphatic heterocycles. The van der Waals surface area contributed by atoms with E-state index in [1.807, 2.05) is 35.2 Å². The number of methoxy groups -OCH3 is 1. The van der Waals surface area contributed by atoms with Crippen LogP contribution in [0.5, 0.6) is 0 Å². The summed E-state index contributed by atoms with van der Waals surface area (Å²) in [5.41, 5.74) is 0.359. The van der Waals surface area contributed by atoms with Gasteiger partial charge in [-0.1, -0.05) is 29.4 Å². The van der Waals surface area contributed by atoms with Gasteiger partial charge in [0.05, 0.1) is 12.2 Å². The van der Waals surface area contributed by atoms with Crippen molar-refractivity contribution in [1.29, 1.82) is 0 Å². The van der Waals surface area contributed by atoms with Gasteiger partial charge >= 0.3 is 0 Å². The molecule has 5 rings (SSSR count). The Kier molecular flexibility index (Phi) is 6.37. The molecule has 2 saturated heterocycles. The Hall–Kier alpha value is -2.84. The van der Waals surface area contributed by atoms with Gasteiger partial charge in [0.15, 0.2) is 5.82 Å². The third-order valence-corrected chi connectivity index (χ3v) is 6.94. The molecule has 1 amide bonds. The molecule has 2 aromatic heterocycles. The molecule has 1 unspecified atom stereocenters. The van der Waals surface area contributed by atoms with E-state index in [1.165, 1.54) is 0 Å². The van der Waals surface area contributed by atoms with Crippen LogP contribution in [0.1, 0.15) is 47.9 Å². The standard InChI is InChI=1S/C25H30N4O4/c1-31-14-8-21-27-22(33-28-21)16-18-7-15-32-25(17-18)9-12-29(13-10-25)24(30)23-20-5-3-2-4-19(20)6-11-26-23/h2-6,11,18H,7-10,12-17H2,1H3. The van der Waals surface area contributed by atoms with Crippen molar-refractivity contribution in [3.8, 4) is 0 Å². The second-order valence-electron chi connectivity index (χ2n) is 9.11. The maximum absolute atomic E-state index is 13.3. The number of nitrogens with zero attached hydrogens (tertiary/aromatic N) is 4. The Morgan fingerprint density at radius 2 is 2.09 bits per heavy atom. The minimum absolute atomic E-state index is 0.00320. The molecule has 33 heavy (non-hydrogen) atoms. The van der Waals surface area contributed by atoms with Gasteiger partial charge in [-0.2, -0.15) is 4.98 Å². The Labute approximate surface area is 193 Å². The topological polar surface area (TPSA) is 90.6 Å². The molecule has 4 heterocycles. The molecular weight excluding hydrogens is 420 g/mol. The van der Waals surface area contributed by atoms with Crippen molar-refractivity contribution in [3.05, 3.63) is 53.9 Å². The summed E-state index contributed by atoms with van der Waals surface area (Å²) in [4.78, 5) is 24.1. The number of piperidine rings is 1. The number of amides is 1. The maximum Gasteiger partial charge on any atom is 0.273 e. The van der Waals surface area contributed by atoms with Crippen LogP contribution < -0.4 is 0 Å². The van der Waals surface area contributed by atoms with Gasteiger partial charge < -0.3 is 18.9 Å². The highest BCUT2D eigenvalue weighted by Gasteiger charge is 2.41. The number of benzene rings is 1. The van der Waals surface area contributed by atoms with Gasteiger partial charge in [-0.25, -0.2) is 0 Å². The first-order chi connectivity index (χ1) is 16.2. The minimum atomic E-state index is -0.176. The first kappa shape index (κ1) is 22.0. The van der Waals surface area contributed by atoms with Crippen LogP contribution in [0, 0.1) is 5.92 Å². The molecule has 0 N–H and O–H groups in total. The number of ether oxygens (including phenoxy) is 2. The van der Waals surface area contributed by atoms with E-state index in [0.717, 1.165) is 49.5 Å². The average molecular weight is 451 g/mol. The molecule has 3 aromatic rings. The number of hydrogen-bond donors (Lipinski definition) is 0. The molecule has 174 valence electrons. The van der Waals surface area contributed by atoms with Crippen LogP contribution in [0.25, 0.3) is 10.8 Å². The highest BCUT2D eigenvalue weighted by Crippen LogP contribution is 2.39. The van der Waals surface area contributed by atoms with Gasteiger partial charge in [-0.15, -0.1) is 0 Å². The third-order valence-electron chi connectivity index (χ3n) is 6.94. The van der Waals surface area contributed by atoms with Crippen LogP contribution in [0.3, 0.4) is 0 Å². The van der Waals surface area contributed by atoms with Crippen molar-refractivity contribution in [1.82, 2.24) is 20.0 Å². The van der Waals surface area contributed by atoms with Gasteiger partial charge in [-0.3, -0.25) is 9.78 Å². The van der Waals surface area contributed by atoms with Crippen LogP contribution in [0.15, 0.2) is 41.1 Å². The third kappa shape index (κ3) is 4.77. The summed E-state index contributed by atoms with van der Waals surface area (Å²) in [5.74, 6) is 1.83. The number of likely N-dealkylation sites (tertiary alicyclic amines) is 1. The first-order valence-electron chi connectivity index (χ1n) is 11.7. The molecule has 1 atom stereocenters. The zero-order chi connectivity index (χ0) is 22.7. The number of aromatic nitrogens is 3. The van der Waals surface area contributed by atoms with Crippen molar-refractivity contribution < 1.29 is 18.8 Å². The van der Waals surface area contributed by atoms with E-state index in [1.54, 1.807) is 13.3 Å². The molecule has 0 bridgehead atoms. The summed E-state index contributed by atoms with van der Waals surface area (Å²) >= 11 is 0. The predicted octanol–water partition coefficient (Wildman–Crippen LogP) is 3.45. The number of fused-ring (bicyclic) bond motifs is 1. The van der Waals surface area contributed by atoms with Crippen molar-refractivity contribution >= 4 is 16.7 Å². The second-order valence-corrected chi connectivity index (χ2v) is 9.11. The molecule has 0 aliphatic carbocycles. The van der Waals surface area contributed by atoms with E-state index in [-0.39, 0.29) is 11.5 Å². The van der Waals surface area contributed by atoms with Crippen LogP contribution in [-0.4, -0.2) is 64.9 Å². The van der Waals surface area contributed by atoms with Gasteiger partial charge in [0.25, 0.3) is 5.91 Å². The summed E-state index contributed by atoms with van der Waals surface area (Å²) in [6.45, 7) is 2.67. The molecule has 8 heteroatoms. The average Bonchev–Trinajstić information content (AvgIpc) is 3.29. The van der Waals surface area contributed by atoms with E-state index >= 15 is 0 Å². The smallest absolute Gasteiger partial charge is 0.273 e. The molecule has 1 spiro atoms. The van der Waals surface area contributed by atoms with E-state index < -0.39 is 0 Å². The molecule has 2 fully saturated rings. The van der Waals surface area contributed by atoms with Gasteiger partial charge in [0.1, 0.15) is 5.69 Å². The lowest BCUT2D eigenvalue weighted by Crippen LogP contribution is -2.51. The van der Waals surface area contributed by atoms with Gasteiger partial charge in [0.2, 0.25) is 5.89 Å². The molecule has 2 aliphatic rings. The Bertz CT molecular complexity index is 1100. The summed E-state index contributed by atoms with van der Waals surface area (Å²) in [7, 11) is 1.67. The number of hydrogen-bond acceptors (Lipinski definition) is 7. The van der Waals surface area contributed by atoms with Crippen LogP contribution in [0.4, 0.5) is 0 Å². The van der Waals surface area contributed by atoms with Crippen molar-refractivity contribution in [2.24, 2.45) is 5.92 Å². The van der Waals surface area contributed by atoms with Gasteiger partial charge in [-0.05, 0) is 43.1 Å². The first-order valence-corrected chi connectivity index (χ1v) is 11.7. The van der Waals surface area contributed by atoms with Crippen molar-refractivity contribution in [3.63, 3.8) is 0 Å². The lowest BCUT2D eigenvalue weighted by molar-refractivity contribution is -0.124. The summed E-state index contributed by atoms with van der Waals surface area (Å²) in [6, 6.07) is 9.85. The van der Waals surface area contributed by atoms with Crippen molar-refractivity contribution in [2.75, 3.05) is 33.4 Å². The number of carbonyl (C=O) groups excluding carboxylic acids is 1. The van der Waals surface area contributed by atoms with Crippen LogP contribution in [-0.2, 0) is 22.3 Å².